The number of hydrogen-bond acceptors (Lipinski definition) is 8. The molecule has 0 radical (unpaired) electrons. The van der Waals surface area contributed by atoms with Crippen molar-refractivity contribution in [3.63, 3.8) is 0 Å². The number of unbranched alkanes of at least 4 members (excludes halogenated alkanes) is 5. The summed E-state index contributed by atoms with van der Waals surface area (Å²) in [6.45, 7) is 8.34. The van der Waals surface area contributed by atoms with Crippen LogP contribution in [-0.4, -0.2) is 80.5 Å². The molecule has 3 aromatic carbocycles. The van der Waals surface area contributed by atoms with E-state index >= 15 is 0 Å². The molecule has 0 saturated carbocycles. The van der Waals surface area contributed by atoms with E-state index in [2.05, 4.69) is 22.9 Å². The number of carbonyl (C=O) groups excluding carboxylic acids is 4. The molecule has 0 aromatic heterocycles. The number of nitrogens with two attached hydrogens (primary N) is 2. The van der Waals surface area contributed by atoms with Gasteiger partial charge in [0.25, 0.3) is 5.91 Å². The van der Waals surface area contributed by atoms with Crippen LogP contribution in [0.15, 0.2) is 54.6 Å². The van der Waals surface area contributed by atoms with Crippen LogP contribution in [0.25, 0.3) is 11.1 Å². The lowest BCUT2D eigenvalue weighted by Gasteiger charge is -2.30. The van der Waals surface area contributed by atoms with E-state index in [9.17, 15) is 19.2 Å². The number of amides is 4. The van der Waals surface area contributed by atoms with Gasteiger partial charge in [-0.1, -0.05) is 63.3 Å². The van der Waals surface area contributed by atoms with Crippen molar-refractivity contribution < 1.29 is 28.7 Å². The minimum Gasteiger partial charge on any atom is -0.492 e. The van der Waals surface area contributed by atoms with Crippen molar-refractivity contribution in [2.45, 2.75) is 97.2 Å². The van der Waals surface area contributed by atoms with Gasteiger partial charge in [-0.2, -0.15) is 0 Å². The summed E-state index contributed by atoms with van der Waals surface area (Å²) in [5.74, 6) is -0.743. The van der Waals surface area contributed by atoms with Gasteiger partial charge in [0.1, 0.15) is 36.8 Å². The Morgan fingerprint density at radius 2 is 1.49 bits per heavy atom. The van der Waals surface area contributed by atoms with Crippen molar-refractivity contribution in [3.05, 3.63) is 82.4 Å². The molecule has 4 rings (SSSR count). The first-order valence-electron chi connectivity index (χ1n) is 19.6. The summed E-state index contributed by atoms with van der Waals surface area (Å²) >= 11 is 0. The Kier molecular flexibility index (Phi) is 16.5. The van der Waals surface area contributed by atoms with Gasteiger partial charge in [-0.25, -0.2) is 0 Å². The van der Waals surface area contributed by atoms with E-state index in [1.165, 1.54) is 49.6 Å². The lowest BCUT2D eigenvalue weighted by Crippen LogP contribution is -2.52. The van der Waals surface area contributed by atoms with Crippen molar-refractivity contribution >= 4 is 23.6 Å². The minimum absolute atomic E-state index is 0.245. The zero-order chi connectivity index (χ0) is 39.9. The molecule has 3 aromatic rings. The van der Waals surface area contributed by atoms with Crippen LogP contribution in [0, 0.1) is 6.92 Å². The summed E-state index contributed by atoms with van der Waals surface area (Å²) in [5.41, 5.74) is 16.8. The zero-order valence-electron chi connectivity index (χ0n) is 33.2. The van der Waals surface area contributed by atoms with Crippen LogP contribution in [0.2, 0.25) is 0 Å². The van der Waals surface area contributed by atoms with E-state index in [-0.39, 0.29) is 44.2 Å². The lowest BCUT2D eigenvalue weighted by atomic mass is 9.94. The number of benzene rings is 3. The number of rotatable bonds is 17. The van der Waals surface area contributed by atoms with Gasteiger partial charge in [0, 0.05) is 42.9 Å². The molecule has 3 atom stereocenters. The number of aryl methyl sites for hydroxylation is 2. The number of carbonyl (C=O) groups is 4. The monoisotopic (exact) mass is 756 g/mol. The number of fused-ring (bicyclic) bond motifs is 5. The average molecular weight is 757 g/mol. The fourth-order valence-corrected chi connectivity index (χ4v) is 6.88. The molecule has 55 heavy (non-hydrogen) atoms. The van der Waals surface area contributed by atoms with Gasteiger partial charge < -0.3 is 41.8 Å². The van der Waals surface area contributed by atoms with Gasteiger partial charge in [0.05, 0.1) is 6.54 Å². The Bertz CT molecular complexity index is 1780. The Hall–Kier alpha value is -4.94. The van der Waals surface area contributed by atoms with Gasteiger partial charge in [-0.05, 0) is 92.6 Å². The normalized spacial score (nSPS) is 17.0. The molecule has 4 amide bonds. The third kappa shape index (κ3) is 12.0. The number of nitrogens with zero attached hydrogens (tertiary/aromatic N) is 1. The first-order valence-corrected chi connectivity index (χ1v) is 19.6. The molecule has 12 heteroatoms. The Morgan fingerprint density at radius 1 is 0.836 bits per heavy atom. The van der Waals surface area contributed by atoms with Crippen LogP contribution in [0.4, 0.5) is 0 Å². The maximum Gasteiger partial charge on any atom is 0.251 e. The van der Waals surface area contributed by atoms with Crippen molar-refractivity contribution in [1.29, 1.82) is 0 Å². The minimum atomic E-state index is -1.18. The highest BCUT2D eigenvalue weighted by atomic mass is 16.5. The van der Waals surface area contributed by atoms with E-state index in [0.29, 0.717) is 46.7 Å². The number of nitrogens with one attached hydrogen (secondary N) is 3. The van der Waals surface area contributed by atoms with Crippen molar-refractivity contribution in [3.8, 4) is 22.6 Å². The third-order valence-corrected chi connectivity index (χ3v) is 9.87. The second-order valence-corrected chi connectivity index (χ2v) is 14.5. The number of ether oxygens (including phenoxy) is 2. The molecule has 1 heterocycles. The molecular weight excluding hydrogens is 697 g/mol. The van der Waals surface area contributed by atoms with E-state index in [0.717, 1.165) is 24.0 Å². The summed E-state index contributed by atoms with van der Waals surface area (Å²) in [4.78, 5) is 55.8. The number of likely N-dealkylation sites (N-methyl/N-ethyl adjacent to an activating group) is 1. The van der Waals surface area contributed by atoms with Crippen molar-refractivity contribution in [1.82, 2.24) is 20.9 Å². The predicted octanol–water partition coefficient (Wildman–Crippen LogP) is 4.74. The molecule has 298 valence electrons. The lowest BCUT2D eigenvalue weighted by molar-refractivity contribution is -0.139. The maximum atomic E-state index is 14.1. The third-order valence-electron chi connectivity index (χ3n) is 9.87. The van der Waals surface area contributed by atoms with Crippen molar-refractivity contribution in [2.24, 2.45) is 11.5 Å². The highest BCUT2D eigenvalue weighted by molar-refractivity contribution is 5.98. The predicted molar refractivity (Wildman–Crippen MR) is 216 cm³/mol. The zero-order valence-corrected chi connectivity index (χ0v) is 33.2. The largest absolute Gasteiger partial charge is 0.492 e. The summed E-state index contributed by atoms with van der Waals surface area (Å²) in [5, 5.41) is 8.54. The summed E-state index contributed by atoms with van der Waals surface area (Å²) in [6, 6.07) is 14.5. The molecule has 7 N–H and O–H groups in total. The van der Waals surface area contributed by atoms with E-state index in [4.69, 9.17) is 20.9 Å². The van der Waals surface area contributed by atoms with Gasteiger partial charge in [0.2, 0.25) is 17.7 Å². The smallest absolute Gasteiger partial charge is 0.251 e. The molecule has 0 aliphatic carbocycles. The second-order valence-electron chi connectivity index (χ2n) is 14.5. The number of hydrogen-bond donors (Lipinski definition) is 5. The molecular formula is C43H60N6O6. The van der Waals surface area contributed by atoms with E-state index in [1.54, 1.807) is 31.2 Å². The molecule has 4 bridgehead atoms. The van der Waals surface area contributed by atoms with Gasteiger partial charge in [-0.3, -0.25) is 19.2 Å². The van der Waals surface area contributed by atoms with Crippen LogP contribution in [-0.2, 0) is 27.2 Å². The highest BCUT2D eigenvalue weighted by Crippen LogP contribution is 2.40. The quantitative estimate of drug-likeness (QED) is 0.123. The molecule has 12 nitrogen and oxygen atoms in total. The first kappa shape index (κ1) is 42.8. The van der Waals surface area contributed by atoms with E-state index in [1.807, 2.05) is 44.2 Å². The fourth-order valence-electron chi connectivity index (χ4n) is 6.88. The molecule has 0 fully saturated rings. The molecule has 1 aliphatic rings. The van der Waals surface area contributed by atoms with Crippen molar-refractivity contribution in [2.75, 3.05) is 39.9 Å². The van der Waals surface area contributed by atoms with Gasteiger partial charge in [-0.15, -0.1) is 0 Å². The van der Waals surface area contributed by atoms with Gasteiger partial charge >= 0.3 is 0 Å². The Morgan fingerprint density at radius 3 is 2.16 bits per heavy atom. The first-order chi connectivity index (χ1) is 26.5. The topological polar surface area (TPSA) is 178 Å². The average Bonchev–Trinajstić information content (AvgIpc) is 3.16. The molecule has 0 saturated heterocycles. The van der Waals surface area contributed by atoms with E-state index < -0.39 is 23.9 Å². The summed E-state index contributed by atoms with van der Waals surface area (Å²) in [6.07, 6.45) is 8.76. The Balaban J connectivity index is 1.63. The SMILES string of the molecule is CCCCCCCCc1ccc(C(=O)NCC(=O)N(C)C2C(=O)N[C@@H](C)C(=O)NC(C)Cc3ccc(OCCN)c(c3)-c3cc2ccc3OCCN)c(C)c1. The van der Waals surface area contributed by atoms with Crippen LogP contribution < -0.4 is 36.9 Å². The summed E-state index contributed by atoms with van der Waals surface area (Å²) in [7, 11) is 1.51. The fraction of sp³-hybridized carbons (Fsp3) is 0.488. The van der Waals surface area contributed by atoms with Gasteiger partial charge in [0.15, 0.2) is 0 Å². The second kappa shape index (κ2) is 21.2. The highest BCUT2D eigenvalue weighted by Gasteiger charge is 2.32. The maximum absolute atomic E-state index is 14.1. The van der Waals surface area contributed by atoms with Crippen LogP contribution in [0.1, 0.15) is 97.9 Å². The Labute approximate surface area is 326 Å². The van der Waals surface area contributed by atoms with Crippen LogP contribution in [0.3, 0.4) is 0 Å². The molecule has 2 unspecified atom stereocenters. The standard InChI is InChI=1S/C43H60N6O6/c1-6-7-8-9-10-11-12-31-13-16-34(28(2)23-31)42(52)46-27-39(50)49(5)40-33-15-18-38(55-22-20-45)36(26-33)35-25-32(14-17-37(35)54-21-19-44)24-29(3)47-41(51)30(4)48-43(40)53/h13-18,23,25-26,29-30,40H,6-12,19-22,24,27,44-45H2,1-5H3,(H,46,52)(H,47,51)(H,48,53)/t29?,30-,40?/m0/s1. The van der Waals surface area contributed by atoms with Crippen LogP contribution >= 0.6 is 0 Å². The summed E-state index contributed by atoms with van der Waals surface area (Å²) < 4.78 is 12.1. The molecule has 0 spiro atoms. The van der Waals surface area contributed by atoms with Crippen LogP contribution in [0.5, 0.6) is 11.5 Å². The molecule has 1 aliphatic heterocycles.